The molecule has 0 unspecified atom stereocenters. The first-order valence-electron chi connectivity index (χ1n) is 7.20. The van der Waals surface area contributed by atoms with E-state index in [9.17, 15) is 0 Å². The minimum atomic E-state index is 0.153. The molecule has 112 valence electrons. The predicted octanol–water partition coefficient (Wildman–Crippen LogP) is 3.14. The van der Waals surface area contributed by atoms with E-state index in [0.717, 1.165) is 28.1 Å². The van der Waals surface area contributed by atoms with Crippen molar-refractivity contribution >= 4 is 16.7 Å². The first kappa shape index (κ1) is 14.4. The largest absolute Gasteiger partial charge is 0.383 e. The molecule has 0 saturated carbocycles. The molecule has 0 fully saturated rings. The molecule has 1 atom stereocenters. The van der Waals surface area contributed by atoms with Gasteiger partial charge in [0.25, 0.3) is 0 Å². The lowest BCUT2D eigenvalue weighted by atomic mass is 10.1. The van der Waals surface area contributed by atoms with Crippen LogP contribution in [0, 0.1) is 0 Å². The summed E-state index contributed by atoms with van der Waals surface area (Å²) >= 11 is 0. The molecule has 5 heteroatoms. The highest BCUT2D eigenvalue weighted by molar-refractivity contribution is 5.91. The molecule has 0 amide bonds. The minimum absolute atomic E-state index is 0.153. The van der Waals surface area contributed by atoms with Gasteiger partial charge in [-0.15, -0.1) is 0 Å². The van der Waals surface area contributed by atoms with E-state index in [2.05, 4.69) is 22.2 Å². The van der Waals surface area contributed by atoms with Crippen molar-refractivity contribution in [3.63, 3.8) is 0 Å². The van der Waals surface area contributed by atoms with Crippen molar-refractivity contribution in [2.75, 3.05) is 19.0 Å². The highest BCUT2D eigenvalue weighted by Crippen LogP contribution is 2.25. The molecule has 0 aliphatic heterocycles. The number of nitrogens with one attached hydrogen (secondary N) is 1. The van der Waals surface area contributed by atoms with Gasteiger partial charge in [0, 0.05) is 30.9 Å². The summed E-state index contributed by atoms with van der Waals surface area (Å²) in [6.45, 7) is 2.66. The van der Waals surface area contributed by atoms with Gasteiger partial charge < -0.3 is 10.1 Å². The second kappa shape index (κ2) is 6.49. The van der Waals surface area contributed by atoms with Crippen molar-refractivity contribution in [2.24, 2.45) is 0 Å². The van der Waals surface area contributed by atoms with Crippen molar-refractivity contribution in [1.82, 2.24) is 15.0 Å². The molecule has 3 heterocycles. The highest BCUT2D eigenvalue weighted by Gasteiger charge is 2.11. The monoisotopic (exact) mass is 294 g/mol. The molecule has 0 aliphatic carbocycles. The van der Waals surface area contributed by atoms with Crippen molar-refractivity contribution < 1.29 is 4.74 Å². The number of aromatic nitrogens is 3. The lowest BCUT2D eigenvalue weighted by Gasteiger charge is -2.16. The number of hydrogen-bond acceptors (Lipinski definition) is 5. The van der Waals surface area contributed by atoms with Crippen LogP contribution < -0.4 is 5.32 Å². The fraction of sp³-hybridized carbons (Fsp3) is 0.235. The Bertz CT molecular complexity index is 761. The average molecular weight is 294 g/mol. The van der Waals surface area contributed by atoms with Crippen LogP contribution in [0.5, 0.6) is 0 Å². The summed E-state index contributed by atoms with van der Waals surface area (Å²) < 4.78 is 5.18. The summed E-state index contributed by atoms with van der Waals surface area (Å²) in [4.78, 5) is 13.5. The van der Waals surface area contributed by atoms with Crippen LogP contribution in [0.15, 0.2) is 48.8 Å². The maximum atomic E-state index is 5.18. The number of ether oxygens (including phenoxy) is 1. The second-order valence-electron chi connectivity index (χ2n) is 5.14. The zero-order valence-electron chi connectivity index (χ0n) is 12.7. The zero-order chi connectivity index (χ0) is 15.4. The van der Waals surface area contributed by atoms with E-state index in [-0.39, 0.29) is 6.04 Å². The number of nitrogens with zero attached hydrogens (tertiary/aromatic N) is 3. The number of rotatable bonds is 5. The zero-order valence-corrected chi connectivity index (χ0v) is 12.7. The first-order valence-corrected chi connectivity index (χ1v) is 7.20. The Labute approximate surface area is 129 Å². The molecule has 5 nitrogen and oxygen atoms in total. The fourth-order valence-electron chi connectivity index (χ4n) is 2.36. The number of fused-ring (bicyclic) bond motifs is 1. The molecule has 3 rings (SSSR count). The van der Waals surface area contributed by atoms with E-state index in [1.807, 2.05) is 36.4 Å². The van der Waals surface area contributed by atoms with Gasteiger partial charge in [-0.1, -0.05) is 6.07 Å². The Kier molecular flexibility index (Phi) is 4.25. The average Bonchev–Trinajstić information content (AvgIpc) is 2.56. The summed E-state index contributed by atoms with van der Waals surface area (Å²) in [5.41, 5.74) is 2.53. The van der Waals surface area contributed by atoms with E-state index < -0.39 is 0 Å². The highest BCUT2D eigenvalue weighted by atomic mass is 16.5. The Morgan fingerprint density at radius 1 is 1.09 bits per heavy atom. The number of pyridine rings is 3. The van der Waals surface area contributed by atoms with Gasteiger partial charge in [0.2, 0.25) is 0 Å². The van der Waals surface area contributed by atoms with E-state index >= 15 is 0 Å². The minimum Gasteiger partial charge on any atom is -0.383 e. The standard InChI is InChI=1S/C17H18N4O/c1-12(11-22-2)20-17-13-6-5-9-19-15(13)10-16(21-17)14-7-3-4-8-18-14/h3-10,12H,11H2,1-2H3,(H,20,21)/t12-/m1/s1. The number of anilines is 1. The maximum Gasteiger partial charge on any atom is 0.136 e. The molecule has 0 bridgehead atoms. The van der Waals surface area contributed by atoms with Crippen LogP contribution in [-0.2, 0) is 4.74 Å². The van der Waals surface area contributed by atoms with E-state index in [4.69, 9.17) is 9.72 Å². The second-order valence-corrected chi connectivity index (χ2v) is 5.14. The SMILES string of the molecule is COC[C@@H](C)Nc1nc(-c2ccccn2)cc2ncccc12. The molecule has 22 heavy (non-hydrogen) atoms. The van der Waals surface area contributed by atoms with E-state index in [1.54, 1.807) is 19.5 Å². The third-order valence-corrected chi connectivity index (χ3v) is 3.33. The summed E-state index contributed by atoms with van der Waals surface area (Å²) in [7, 11) is 1.69. The lowest BCUT2D eigenvalue weighted by Crippen LogP contribution is -2.21. The van der Waals surface area contributed by atoms with Crippen LogP contribution in [0.25, 0.3) is 22.3 Å². The molecule has 0 saturated heterocycles. The molecule has 0 aliphatic rings. The quantitative estimate of drug-likeness (QED) is 0.783. The molecule has 0 spiro atoms. The van der Waals surface area contributed by atoms with Gasteiger partial charge in [0.1, 0.15) is 5.82 Å². The van der Waals surface area contributed by atoms with Crippen LogP contribution in [-0.4, -0.2) is 34.7 Å². The van der Waals surface area contributed by atoms with E-state index in [0.29, 0.717) is 6.61 Å². The third-order valence-electron chi connectivity index (χ3n) is 3.33. The van der Waals surface area contributed by atoms with Crippen molar-refractivity contribution in [3.05, 3.63) is 48.8 Å². The van der Waals surface area contributed by atoms with E-state index in [1.165, 1.54) is 0 Å². The first-order chi connectivity index (χ1) is 10.8. The Hall–Kier alpha value is -2.53. The van der Waals surface area contributed by atoms with Gasteiger partial charge in [0.05, 0.1) is 23.5 Å². The third kappa shape index (κ3) is 3.04. The van der Waals surface area contributed by atoms with Crippen LogP contribution in [0.3, 0.4) is 0 Å². The van der Waals surface area contributed by atoms with Crippen molar-refractivity contribution in [3.8, 4) is 11.4 Å². The normalized spacial score (nSPS) is 12.3. The van der Waals surface area contributed by atoms with Crippen molar-refractivity contribution in [1.29, 1.82) is 0 Å². The Morgan fingerprint density at radius 3 is 2.73 bits per heavy atom. The molecule has 0 aromatic carbocycles. The molecule has 0 radical (unpaired) electrons. The maximum absolute atomic E-state index is 5.18. The van der Waals surface area contributed by atoms with Crippen LogP contribution in [0.2, 0.25) is 0 Å². The molecular weight excluding hydrogens is 276 g/mol. The van der Waals surface area contributed by atoms with Gasteiger partial charge in [0.15, 0.2) is 0 Å². The van der Waals surface area contributed by atoms with Gasteiger partial charge in [-0.3, -0.25) is 9.97 Å². The van der Waals surface area contributed by atoms with Crippen LogP contribution >= 0.6 is 0 Å². The Morgan fingerprint density at radius 2 is 1.95 bits per heavy atom. The molecule has 1 N–H and O–H groups in total. The molecule has 3 aromatic heterocycles. The predicted molar refractivity (Wildman–Crippen MR) is 87.7 cm³/mol. The number of hydrogen-bond donors (Lipinski definition) is 1. The summed E-state index contributed by atoms with van der Waals surface area (Å²) in [6, 6.07) is 11.8. The van der Waals surface area contributed by atoms with Gasteiger partial charge in [-0.25, -0.2) is 4.98 Å². The summed E-state index contributed by atoms with van der Waals surface area (Å²) in [5, 5.41) is 4.38. The number of methoxy groups -OCH3 is 1. The Balaban J connectivity index is 2.08. The smallest absolute Gasteiger partial charge is 0.136 e. The van der Waals surface area contributed by atoms with Gasteiger partial charge in [-0.05, 0) is 37.3 Å². The molecular formula is C17H18N4O. The van der Waals surface area contributed by atoms with Gasteiger partial charge in [-0.2, -0.15) is 0 Å². The molecule has 3 aromatic rings. The summed E-state index contributed by atoms with van der Waals surface area (Å²) in [6.07, 6.45) is 3.55. The van der Waals surface area contributed by atoms with Gasteiger partial charge >= 0.3 is 0 Å². The topological polar surface area (TPSA) is 59.9 Å². The summed E-state index contributed by atoms with van der Waals surface area (Å²) in [5.74, 6) is 0.802. The van der Waals surface area contributed by atoms with Crippen LogP contribution in [0.1, 0.15) is 6.92 Å². The van der Waals surface area contributed by atoms with Crippen LogP contribution in [0.4, 0.5) is 5.82 Å². The van der Waals surface area contributed by atoms with Crippen molar-refractivity contribution in [2.45, 2.75) is 13.0 Å². The fourth-order valence-corrected chi connectivity index (χ4v) is 2.36. The lowest BCUT2D eigenvalue weighted by molar-refractivity contribution is 0.190.